The van der Waals surface area contributed by atoms with E-state index in [1.54, 1.807) is 31.5 Å². The number of hydrogen-bond donors (Lipinski definition) is 3. The molecule has 3 aromatic rings. The van der Waals surface area contributed by atoms with Gasteiger partial charge in [-0.3, -0.25) is 0 Å². The van der Waals surface area contributed by atoms with Crippen molar-refractivity contribution in [3.63, 3.8) is 0 Å². The highest BCUT2D eigenvalue weighted by Gasteiger charge is 2.15. The molecule has 23 heavy (non-hydrogen) atoms. The Morgan fingerprint density at radius 2 is 1.87 bits per heavy atom. The Labute approximate surface area is 134 Å². The maximum Gasteiger partial charge on any atom is 0.488 e. The normalized spacial score (nSPS) is 10.8. The quantitative estimate of drug-likeness (QED) is 0.638. The van der Waals surface area contributed by atoms with Gasteiger partial charge in [-0.2, -0.15) is 0 Å². The summed E-state index contributed by atoms with van der Waals surface area (Å²) in [4.78, 5) is 4.17. The first-order valence-corrected chi connectivity index (χ1v) is 7.20. The lowest BCUT2D eigenvalue weighted by molar-refractivity contribution is 0.415. The van der Waals surface area contributed by atoms with Crippen LogP contribution < -0.4 is 15.9 Å². The molecule has 6 heteroatoms. The molecule has 116 valence electrons. The molecule has 0 amide bonds. The molecule has 0 spiro atoms. The molecule has 0 saturated carbocycles. The van der Waals surface area contributed by atoms with Gasteiger partial charge in [0.1, 0.15) is 11.6 Å². The minimum atomic E-state index is -1.53. The zero-order valence-corrected chi connectivity index (χ0v) is 12.9. The van der Waals surface area contributed by atoms with E-state index in [4.69, 9.17) is 10.5 Å². The van der Waals surface area contributed by atoms with E-state index in [-0.39, 0.29) is 0 Å². The van der Waals surface area contributed by atoms with Gasteiger partial charge >= 0.3 is 7.12 Å². The van der Waals surface area contributed by atoms with Crippen molar-refractivity contribution in [2.24, 2.45) is 0 Å². The Morgan fingerprint density at radius 3 is 2.57 bits per heavy atom. The van der Waals surface area contributed by atoms with E-state index in [9.17, 15) is 10.0 Å². The number of nitrogens with two attached hydrogens (primary N) is 1. The maximum absolute atomic E-state index is 9.40. The molecule has 0 fully saturated rings. The summed E-state index contributed by atoms with van der Waals surface area (Å²) in [6.07, 6.45) is 1.74. The molecule has 0 atom stereocenters. The molecule has 1 heterocycles. The smallest absolute Gasteiger partial charge is 0.488 e. The Balaban J connectivity index is 2.24. The Bertz CT molecular complexity index is 881. The van der Waals surface area contributed by atoms with E-state index in [1.165, 1.54) is 0 Å². The van der Waals surface area contributed by atoms with Crippen LogP contribution >= 0.6 is 0 Å². The number of benzene rings is 2. The van der Waals surface area contributed by atoms with Crippen LogP contribution in [0.3, 0.4) is 0 Å². The zero-order chi connectivity index (χ0) is 16.6. The van der Waals surface area contributed by atoms with Crippen molar-refractivity contribution in [2.75, 3.05) is 12.8 Å². The van der Waals surface area contributed by atoms with Crippen molar-refractivity contribution in [1.82, 2.24) is 4.98 Å². The highest BCUT2D eigenvalue weighted by atomic mass is 16.5. The number of hydrogen-bond acceptors (Lipinski definition) is 5. The standard InChI is InChI=1S/C17H17BN2O3/c1-10-9-20-17(19)13-5-3-11(7-14(10)13)15-8-12(18(21)22)4-6-16(15)23-2/h3-9,21-22H,1-2H3,(H2,19,20). The fourth-order valence-corrected chi connectivity index (χ4v) is 2.68. The summed E-state index contributed by atoms with van der Waals surface area (Å²) in [7, 11) is 0.0592. The zero-order valence-electron chi connectivity index (χ0n) is 12.9. The number of methoxy groups -OCH3 is 1. The predicted octanol–water partition coefficient (Wildman–Crippen LogP) is 1.48. The number of pyridine rings is 1. The van der Waals surface area contributed by atoms with Crippen LogP contribution in [0, 0.1) is 6.92 Å². The van der Waals surface area contributed by atoms with Crippen molar-refractivity contribution in [1.29, 1.82) is 0 Å². The number of ether oxygens (including phenoxy) is 1. The molecule has 0 aliphatic carbocycles. The molecule has 0 radical (unpaired) electrons. The number of nitrogen functional groups attached to an aromatic ring is 1. The SMILES string of the molecule is COc1ccc(B(O)O)cc1-c1ccc2c(N)ncc(C)c2c1. The highest BCUT2D eigenvalue weighted by Crippen LogP contribution is 2.33. The molecule has 4 N–H and O–H groups in total. The molecule has 5 nitrogen and oxygen atoms in total. The second kappa shape index (κ2) is 5.91. The lowest BCUT2D eigenvalue weighted by atomic mass is 9.79. The summed E-state index contributed by atoms with van der Waals surface area (Å²) in [6, 6.07) is 10.9. The molecule has 0 bridgehead atoms. The number of anilines is 1. The van der Waals surface area contributed by atoms with Crippen LogP contribution in [0.25, 0.3) is 21.9 Å². The van der Waals surface area contributed by atoms with Gasteiger partial charge in [-0.1, -0.05) is 24.3 Å². The monoisotopic (exact) mass is 308 g/mol. The molecule has 0 saturated heterocycles. The summed E-state index contributed by atoms with van der Waals surface area (Å²) in [5.74, 6) is 1.15. The van der Waals surface area contributed by atoms with E-state index in [1.807, 2.05) is 25.1 Å². The van der Waals surface area contributed by atoms with Crippen molar-refractivity contribution in [2.45, 2.75) is 6.92 Å². The third kappa shape index (κ3) is 2.74. The summed E-state index contributed by atoms with van der Waals surface area (Å²) in [5, 5.41) is 20.7. The lowest BCUT2D eigenvalue weighted by Gasteiger charge is -2.13. The van der Waals surface area contributed by atoms with Gasteiger partial charge in [0.15, 0.2) is 0 Å². The Kier molecular flexibility index (Phi) is 3.94. The van der Waals surface area contributed by atoms with E-state index in [0.717, 1.165) is 27.5 Å². The van der Waals surface area contributed by atoms with Crippen LogP contribution in [0.5, 0.6) is 5.75 Å². The summed E-state index contributed by atoms with van der Waals surface area (Å²) >= 11 is 0. The van der Waals surface area contributed by atoms with Crippen molar-refractivity contribution < 1.29 is 14.8 Å². The van der Waals surface area contributed by atoms with Crippen molar-refractivity contribution in [3.8, 4) is 16.9 Å². The molecular formula is C17H17BN2O3. The minimum Gasteiger partial charge on any atom is -0.496 e. The van der Waals surface area contributed by atoms with Crippen molar-refractivity contribution >= 4 is 29.2 Å². The van der Waals surface area contributed by atoms with E-state index in [2.05, 4.69) is 4.98 Å². The van der Waals surface area contributed by atoms with Crippen molar-refractivity contribution in [3.05, 3.63) is 48.2 Å². The fraction of sp³-hybridized carbons (Fsp3) is 0.118. The number of aromatic nitrogens is 1. The van der Waals surface area contributed by atoms with Gasteiger partial charge in [0.25, 0.3) is 0 Å². The molecule has 2 aromatic carbocycles. The van der Waals surface area contributed by atoms with Gasteiger partial charge in [0, 0.05) is 17.1 Å². The average Bonchev–Trinajstić information content (AvgIpc) is 2.57. The second-order valence-electron chi connectivity index (χ2n) is 5.42. The van der Waals surface area contributed by atoms with Crippen LogP contribution in [-0.4, -0.2) is 29.3 Å². The molecular weight excluding hydrogens is 291 g/mol. The van der Waals surface area contributed by atoms with Gasteiger partial charge in [-0.05, 0) is 41.0 Å². The van der Waals surface area contributed by atoms with Gasteiger partial charge < -0.3 is 20.5 Å². The summed E-state index contributed by atoms with van der Waals surface area (Å²) in [6.45, 7) is 1.98. The molecule has 0 unspecified atom stereocenters. The predicted molar refractivity (Wildman–Crippen MR) is 92.7 cm³/mol. The minimum absolute atomic E-state index is 0.409. The molecule has 3 rings (SSSR count). The van der Waals surface area contributed by atoms with E-state index in [0.29, 0.717) is 17.0 Å². The topological polar surface area (TPSA) is 88.6 Å². The number of aryl methyl sites for hydroxylation is 1. The number of rotatable bonds is 3. The largest absolute Gasteiger partial charge is 0.496 e. The second-order valence-corrected chi connectivity index (χ2v) is 5.42. The van der Waals surface area contributed by atoms with Gasteiger partial charge in [0.05, 0.1) is 7.11 Å². The Morgan fingerprint density at radius 1 is 1.09 bits per heavy atom. The van der Waals surface area contributed by atoms with Crippen LogP contribution in [0.1, 0.15) is 5.56 Å². The van der Waals surface area contributed by atoms with Crippen LogP contribution in [-0.2, 0) is 0 Å². The lowest BCUT2D eigenvalue weighted by Crippen LogP contribution is -2.29. The first-order valence-electron chi connectivity index (χ1n) is 7.20. The maximum atomic E-state index is 9.40. The third-order valence-corrected chi connectivity index (χ3v) is 3.95. The Hall–Kier alpha value is -2.57. The summed E-state index contributed by atoms with van der Waals surface area (Å²) < 4.78 is 5.40. The van der Waals surface area contributed by atoms with Gasteiger partial charge in [-0.25, -0.2) is 4.98 Å². The molecule has 0 aliphatic rings. The molecule has 0 aliphatic heterocycles. The number of nitrogens with zero attached hydrogens (tertiary/aromatic N) is 1. The van der Waals surface area contributed by atoms with Crippen LogP contribution in [0.2, 0.25) is 0 Å². The summed E-state index contributed by atoms with van der Waals surface area (Å²) in [5.41, 5.74) is 9.06. The first kappa shape index (κ1) is 15.3. The highest BCUT2D eigenvalue weighted by molar-refractivity contribution is 6.58. The van der Waals surface area contributed by atoms with Crippen LogP contribution in [0.15, 0.2) is 42.6 Å². The average molecular weight is 308 g/mol. The molecule has 1 aromatic heterocycles. The van der Waals surface area contributed by atoms with Crippen LogP contribution in [0.4, 0.5) is 5.82 Å². The van der Waals surface area contributed by atoms with Gasteiger partial charge in [-0.15, -0.1) is 0 Å². The van der Waals surface area contributed by atoms with Gasteiger partial charge in [0.2, 0.25) is 0 Å². The van der Waals surface area contributed by atoms with E-state index >= 15 is 0 Å². The first-order chi connectivity index (χ1) is 11.0. The fourth-order valence-electron chi connectivity index (χ4n) is 2.68. The van der Waals surface area contributed by atoms with E-state index < -0.39 is 7.12 Å². The third-order valence-electron chi connectivity index (χ3n) is 3.95. The number of fused-ring (bicyclic) bond motifs is 1.